The summed E-state index contributed by atoms with van der Waals surface area (Å²) in [4.78, 5) is 17.5. The molecule has 0 atom stereocenters. The molecular weight excluding hydrogens is 467 g/mol. The fourth-order valence-electron chi connectivity index (χ4n) is 2.40. The highest BCUT2D eigenvalue weighted by atomic mass is 35.5. The molecule has 5 nitrogen and oxygen atoms in total. The predicted molar refractivity (Wildman–Crippen MR) is 116 cm³/mol. The zero-order chi connectivity index (χ0) is 19.8. The molecule has 1 amide bonds. The fourth-order valence-corrected chi connectivity index (χ4v) is 6.03. The first kappa shape index (κ1) is 20.9. The van der Waals surface area contributed by atoms with Crippen LogP contribution in [0.2, 0.25) is 8.67 Å². The van der Waals surface area contributed by atoms with Crippen LogP contribution in [0.3, 0.4) is 0 Å². The van der Waals surface area contributed by atoms with Gasteiger partial charge in [0.15, 0.2) is 14.6 Å². The maximum atomic E-state index is 12.6. The number of fused-ring (bicyclic) bond motifs is 1. The van der Waals surface area contributed by atoms with E-state index < -0.39 is 15.7 Å². The highest BCUT2D eigenvalue weighted by molar-refractivity contribution is 7.98. The lowest BCUT2D eigenvalue weighted by Gasteiger charge is -2.04. The number of hydrogen-bond donors (Lipinski definition) is 0. The van der Waals surface area contributed by atoms with Gasteiger partial charge in [-0.1, -0.05) is 34.5 Å². The van der Waals surface area contributed by atoms with Crippen LogP contribution in [0, 0.1) is 0 Å². The number of benzene rings is 1. The van der Waals surface area contributed by atoms with Gasteiger partial charge in [-0.05, 0) is 30.5 Å². The lowest BCUT2D eigenvalue weighted by Crippen LogP contribution is -2.18. The summed E-state index contributed by atoms with van der Waals surface area (Å²) in [7, 11) is -3.32. The Kier molecular flexibility index (Phi) is 6.39. The number of carbonyl (C=O) groups is 1. The number of hydrogen-bond acceptors (Lipinski definition) is 6. The second kappa shape index (κ2) is 8.26. The van der Waals surface area contributed by atoms with E-state index in [0.717, 1.165) is 27.3 Å². The maximum absolute atomic E-state index is 12.6. The first-order valence-corrected chi connectivity index (χ1v) is 13.2. The van der Waals surface area contributed by atoms with Crippen LogP contribution in [0.4, 0.5) is 0 Å². The Balaban J connectivity index is 2.17. The molecule has 3 rings (SSSR count). The van der Waals surface area contributed by atoms with E-state index in [2.05, 4.69) is 4.99 Å². The van der Waals surface area contributed by atoms with Gasteiger partial charge in [-0.25, -0.2) is 8.42 Å². The van der Waals surface area contributed by atoms with Crippen LogP contribution in [0.25, 0.3) is 10.2 Å². The van der Waals surface area contributed by atoms with Crippen molar-refractivity contribution in [2.24, 2.45) is 4.99 Å². The van der Waals surface area contributed by atoms with Crippen molar-refractivity contribution in [3.63, 3.8) is 0 Å². The largest absolute Gasteiger partial charge is 0.316 e. The highest BCUT2D eigenvalue weighted by Crippen LogP contribution is 2.31. The normalized spacial score (nSPS) is 12.8. The van der Waals surface area contributed by atoms with E-state index in [1.54, 1.807) is 30.0 Å². The Hall–Kier alpha value is -0.840. The summed E-state index contributed by atoms with van der Waals surface area (Å²) in [6.07, 6.45) is 3.16. The summed E-state index contributed by atoms with van der Waals surface area (Å²) >= 11 is 16.0. The Morgan fingerprint density at radius 2 is 2.00 bits per heavy atom. The van der Waals surface area contributed by atoms with Crippen molar-refractivity contribution >= 4 is 83.6 Å². The van der Waals surface area contributed by atoms with Crippen LogP contribution in [0.5, 0.6) is 0 Å². The van der Waals surface area contributed by atoms with Gasteiger partial charge in [0.05, 0.1) is 25.0 Å². The van der Waals surface area contributed by atoms with E-state index in [9.17, 15) is 13.2 Å². The number of carbonyl (C=O) groups excluding carboxylic acids is 1. The summed E-state index contributed by atoms with van der Waals surface area (Å²) in [5.74, 6) is 0.349. The van der Waals surface area contributed by atoms with Gasteiger partial charge < -0.3 is 4.57 Å². The molecule has 0 spiro atoms. The standard InChI is InChI=1S/C16H14Cl2N2O3S4/c1-24-6-5-20-11-4-3-9(27(2,22)23)7-12(11)25-16(20)19-15(21)10-8-13(17)26-14(10)18/h3-4,7-8H,5-6H2,1-2H3. The van der Waals surface area contributed by atoms with E-state index in [1.807, 2.05) is 10.8 Å². The van der Waals surface area contributed by atoms with Crippen LogP contribution >= 0.6 is 57.6 Å². The van der Waals surface area contributed by atoms with Crippen LogP contribution in [-0.4, -0.2) is 37.2 Å². The number of rotatable bonds is 5. The van der Waals surface area contributed by atoms with Crippen molar-refractivity contribution in [1.82, 2.24) is 4.57 Å². The summed E-state index contributed by atoms with van der Waals surface area (Å²) in [5, 5.41) is 0. The molecule has 0 radical (unpaired) electrons. The molecular formula is C16H14Cl2N2O3S4. The molecule has 0 aliphatic heterocycles. The first-order chi connectivity index (χ1) is 12.7. The Morgan fingerprint density at radius 3 is 2.59 bits per heavy atom. The number of thiophene rings is 1. The Labute approximate surface area is 178 Å². The first-order valence-electron chi connectivity index (χ1n) is 7.57. The quantitative estimate of drug-likeness (QED) is 0.535. The van der Waals surface area contributed by atoms with Crippen LogP contribution in [0.1, 0.15) is 10.4 Å². The molecule has 0 bridgehead atoms. The number of nitrogens with zero attached hydrogens (tertiary/aromatic N) is 2. The number of aryl methyl sites for hydroxylation is 1. The average molecular weight is 481 g/mol. The zero-order valence-electron chi connectivity index (χ0n) is 14.2. The predicted octanol–water partition coefficient (Wildman–Crippen LogP) is 4.58. The zero-order valence-corrected chi connectivity index (χ0v) is 19.0. The van der Waals surface area contributed by atoms with Crippen molar-refractivity contribution in [3.05, 3.63) is 43.3 Å². The number of halogens is 2. The van der Waals surface area contributed by atoms with E-state index in [-0.39, 0.29) is 10.5 Å². The lowest BCUT2D eigenvalue weighted by atomic mass is 10.3. The SMILES string of the molecule is CSCCn1c(=NC(=O)c2cc(Cl)sc2Cl)sc2cc(S(C)(=O)=O)ccc21. The summed E-state index contributed by atoms with van der Waals surface area (Å²) < 4.78 is 27.1. The van der Waals surface area contributed by atoms with Gasteiger partial charge in [-0.2, -0.15) is 16.8 Å². The Bertz CT molecular complexity index is 1190. The minimum Gasteiger partial charge on any atom is -0.316 e. The monoisotopic (exact) mass is 480 g/mol. The summed E-state index contributed by atoms with van der Waals surface area (Å²) in [5.41, 5.74) is 1.10. The molecule has 1 aromatic carbocycles. The molecule has 27 heavy (non-hydrogen) atoms. The third-order valence-electron chi connectivity index (χ3n) is 3.69. The third-order valence-corrected chi connectivity index (χ3v) is 7.92. The third kappa shape index (κ3) is 4.60. The molecule has 144 valence electrons. The van der Waals surface area contributed by atoms with Crippen LogP contribution in [-0.2, 0) is 16.4 Å². The van der Waals surface area contributed by atoms with E-state index in [4.69, 9.17) is 23.2 Å². The molecule has 11 heteroatoms. The number of thiazole rings is 1. The molecule has 3 aromatic rings. The van der Waals surface area contributed by atoms with Gasteiger partial charge in [-0.15, -0.1) is 11.3 Å². The summed E-state index contributed by atoms with van der Waals surface area (Å²) in [6, 6.07) is 6.44. The van der Waals surface area contributed by atoms with Gasteiger partial charge in [0.25, 0.3) is 5.91 Å². The molecule has 0 fully saturated rings. The topological polar surface area (TPSA) is 68.5 Å². The van der Waals surface area contributed by atoms with Crippen molar-refractivity contribution in [2.75, 3.05) is 18.3 Å². The van der Waals surface area contributed by atoms with E-state index >= 15 is 0 Å². The number of thioether (sulfide) groups is 1. The second-order valence-electron chi connectivity index (χ2n) is 5.59. The smallest absolute Gasteiger partial charge is 0.282 e. The highest BCUT2D eigenvalue weighted by Gasteiger charge is 2.16. The molecule has 0 aliphatic carbocycles. The van der Waals surface area contributed by atoms with Crippen molar-refractivity contribution in [3.8, 4) is 0 Å². The summed E-state index contributed by atoms with van der Waals surface area (Å²) in [6.45, 7) is 0.642. The van der Waals surface area contributed by atoms with Gasteiger partial charge >= 0.3 is 0 Å². The number of sulfone groups is 1. The van der Waals surface area contributed by atoms with Crippen molar-refractivity contribution < 1.29 is 13.2 Å². The molecule has 0 aliphatic rings. The average Bonchev–Trinajstić information content (AvgIpc) is 3.10. The van der Waals surface area contributed by atoms with E-state index in [1.165, 1.54) is 23.7 Å². The van der Waals surface area contributed by atoms with Gasteiger partial charge in [0, 0.05) is 18.6 Å². The van der Waals surface area contributed by atoms with Crippen molar-refractivity contribution in [2.45, 2.75) is 11.4 Å². The van der Waals surface area contributed by atoms with Crippen LogP contribution in [0.15, 0.2) is 34.2 Å². The minimum atomic E-state index is -3.32. The Morgan fingerprint density at radius 1 is 1.26 bits per heavy atom. The van der Waals surface area contributed by atoms with Crippen molar-refractivity contribution in [1.29, 1.82) is 0 Å². The number of aromatic nitrogens is 1. The molecule has 0 N–H and O–H groups in total. The fraction of sp³-hybridized carbons (Fsp3) is 0.250. The molecule has 2 heterocycles. The van der Waals surface area contributed by atoms with E-state index in [0.29, 0.717) is 20.0 Å². The van der Waals surface area contributed by atoms with Gasteiger partial charge in [0.2, 0.25) is 0 Å². The number of amides is 1. The lowest BCUT2D eigenvalue weighted by molar-refractivity contribution is 0.0998. The molecule has 2 aromatic heterocycles. The molecule has 0 saturated carbocycles. The maximum Gasteiger partial charge on any atom is 0.282 e. The van der Waals surface area contributed by atoms with Crippen LogP contribution < -0.4 is 4.80 Å². The van der Waals surface area contributed by atoms with Gasteiger partial charge in [0.1, 0.15) is 4.34 Å². The second-order valence-corrected chi connectivity index (χ2v) is 11.9. The molecule has 0 unspecified atom stereocenters. The van der Waals surface area contributed by atoms with Gasteiger partial charge in [-0.3, -0.25) is 4.79 Å². The minimum absolute atomic E-state index is 0.235. The molecule has 0 saturated heterocycles.